The molecule has 1 aromatic carbocycles. The van der Waals surface area contributed by atoms with Gasteiger partial charge in [0.15, 0.2) is 0 Å². The van der Waals surface area contributed by atoms with Gasteiger partial charge >= 0.3 is 11.9 Å². The Bertz CT molecular complexity index is 964. The lowest BCUT2D eigenvalue weighted by atomic mass is 9.93. The van der Waals surface area contributed by atoms with E-state index in [0.29, 0.717) is 16.9 Å². The lowest BCUT2D eigenvalue weighted by Gasteiger charge is -2.34. The fraction of sp³-hybridized carbons (Fsp3) is 0.478. The third kappa shape index (κ3) is 5.66. The Kier molecular flexibility index (Phi) is 7.86. The maximum Gasteiger partial charge on any atom is 0.337 e. The van der Waals surface area contributed by atoms with E-state index in [1.165, 1.54) is 11.8 Å². The summed E-state index contributed by atoms with van der Waals surface area (Å²) in [7, 11) is 2.87. The molecule has 1 N–H and O–H groups in total. The molecule has 0 atom stereocenters. The fourth-order valence-corrected chi connectivity index (χ4v) is 4.05. The van der Waals surface area contributed by atoms with Crippen LogP contribution in [0.3, 0.4) is 0 Å². The van der Waals surface area contributed by atoms with E-state index in [0.717, 1.165) is 32.1 Å². The standard InChI is InChI=1S/C23H29N3O6/c1-31-20-9-8-16(23(30)32-2)14-17(20)15-26(18-6-4-3-5-7-18)22(29)19-10-12-25(24-19)13-11-21(27)28/h8-10,12,14,18H,3-7,11,13,15H2,1-2H3,(H,27,28). The van der Waals surface area contributed by atoms with Crippen molar-refractivity contribution in [2.75, 3.05) is 14.2 Å². The number of nitrogens with zero attached hydrogens (tertiary/aromatic N) is 3. The summed E-state index contributed by atoms with van der Waals surface area (Å²) < 4.78 is 11.8. The highest BCUT2D eigenvalue weighted by atomic mass is 16.5. The summed E-state index contributed by atoms with van der Waals surface area (Å²) in [5.41, 5.74) is 1.36. The molecule has 1 aromatic heterocycles. The summed E-state index contributed by atoms with van der Waals surface area (Å²) >= 11 is 0. The quantitative estimate of drug-likeness (QED) is 0.593. The molecular weight excluding hydrogens is 414 g/mol. The van der Waals surface area contributed by atoms with E-state index in [-0.39, 0.29) is 37.2 Å². The van der Waals surface area contributed by atoms with Crippen molar-refractivity contribution in [3.05, 3.63) is 47.3 Å². The molecule has 0 unspecified atom stereocenters. The molecular formula is C23H29N3O6. The summed E-state index contributed by atoms with van der Waals surface area (Å²) in [4.78, 5) is 38.1. The molecule has 0 bridgehead atoms. The third-order valence-electron chi connectivity index (χ3n) is 5.73. The van der Waals surface area contributed by atoms with E-state index in [1.54, 1.807) is 42.5 Å². The normalized spacial score (nSPS) is 14.1. The fourth-order valence-electron chi connectivity index (χ4n) is 4.05. The molecule has 172 valence electrons. The Balaban J connectivity index is 1.89. The predicted octanol–water partition coefficient (Wildman–Crippen LogP) is 3.13. The van der Waals surface area contributed by atoms with Crippen LogP contribution in [-0.4, -0.2) is 57.9 Å². The molecule has 9 heteroatoms. The topological polar surface area (TPSA) is 111 Å². The van der Waals surface area contributed by atoms with Gasteiger partial charge in [-0.1, -0.05) is 19.3 Å². The van der Waals surface area contributed by atoms with Crippen molar-refractivity contribution in [2.24, 2.45) is 0 Å². The van der Waals surface area contributed by atoms with Crippen LogP contribution >= 0.6 is 0 Å². The van der Waals surface area contributed by atoms with E-state index >= 15 is 0 Å². The summed E-state index contributed by atoms with van der Waals surface area (Å²) in [5.74, 6) is -1.02. The molecule has 1 saturated carbocycles. The second-order valence-corrected chi connectivity index (χ2v) is 7.85. The zero-order valence-corrected chi connectivity index (χ0v) is 18.5. The molecule has 0 spiro atoms. The van der Waals surface area contributed by atoms with Crippen LogP contribution in [0, 0.1) is 0 Å². The number of hydrogen-bond acceptors (Lipinski definition) is 6. The molecule has 1 heterocycles. The van der Waals surface area contributed by atoms with Gasteiger partial charge in [-0.3, -0.25) is 14.3 Å². The van der Waals surface area contributed by atoms with E-state index in [9.17, 15) is 14.4 Å². The highest BCUT2D eigenvalue weighted by Gasteiger charge is 2.29. The van der Waals surface area contributed by atoms with Gasteiger partial charge in [0.1, 0.15) is 11.4 Å². The van der Waals surface area contributed by atoms with Gasteiger partial charge in [0.2, 0.25) is 0 Å². The lowest BCUT2D eigenvalue weighted by Crippen LogP contribution is -2.41. The average Bonchev–Trinajstić information content (AvgIpc) is 3.30. The minimum atomic E-state index is -0.921. The van der Waals surface area contributed by atoms with Crippen molar-refractivity contribution < 1.29 is 29.0 Å². The maximum absolute atomic E-state index is 13.5. The Morgan fingerprint density at radius 1 is 1.16 bits per heavy atom. The van der Waals surface area contributed by atoms with Crippen LogP contribution in [0.15, 0.2) is 30.5 Å². The first-order chi connectivity index (χ1) is 15.4. The number of carboxylic acids is 1. The number of benzene rings is 1. The smallest absolute Gasteiger partial charge is 0.337 e. The minimum Gasteiger partial charge on any atom is -0.496 e. The first kappa shape index (κ1) is 23.3. The number of carboxylic acid groups (broad SMARTS) is 1. The lowest BCUT2D eigenvalue weighted by molar-refractivity contribution is -0.137. The number of hydrogen-bond donors (Lipinski definition) is 1. The number of carbonyl (C=O) groups is 3. The van der Waals surface area contributed by atoms with Gasteiger partial charge in [-0.25, -0.2) is 4.79 Å². The van der Waals surface area contributed by atoms with E-state index < -0.39 is 11.9 Å². The van der Waals surface area contributed by atoms with Crippen LogP contribution in [0.2, 0.25) is 0 Å². The number of ether oxygens (including phenoxy) is 2. The predicted molar refractivity (Wildman–Crippen MR) is 116 cm³/mol. The molecule has 0 aliphatic heterocycles. The number of aryl methyl sites for hydroxylation is 1. The minimum absolute atomic E-state index is 0.0481. The zero-order chi connectivity index (χ0) is 23.1. The van der Waals surface area contributed by atoms with Gasteiger partial charge in [0.25, 0.3) is 5.91 Å². The van der Waals surface area contributed by atoms with Crippen molar-refractivity contribution in [1.82, 2.24) is 14.7 Å². The molecule has 1 amide bonds. The van der Waals surface area contributed by atoms with Crippen LogP contribution in [0.4, 0.5) is 0 Å². The molecule has 0 radical (unpaired) electrons. The van der Waals surface area contributed by atoms with Crippen LogP contribution in [0.1, 0.15) is 64.9 Å². The van der Waals surface area contributed by atoms with Gasteiger partial charge in [0, 0.05) is 24.3 Å². The molecule has 2 aromatic rings. The van der Waals surface area contributed by atoms with Crippen LogP contribution < -0.4 is 4.74 Å². The van der Waals surface area contributed by atoms with Crippen molar-refractivity contribution in [2.45, 2.75) is 57.7 Å². The number of aromatic nitrogens is 2. The number of rotatable bonds is 9. The van der Waals surface area contributed by atoms with Crippen molar-refractivity contribution in [1.29, 1.82) is 0 Å². The Labute approximate surface area is 186 Å². The first-order valence-electron chi connectivity index (χ1n) is 10.7. The molecule has 1 fully saturated rings. The average molecular weight is 444 g/mol. The van der Waals surface area contributed by atoms with Gasteiger partial charge < -0.3 is 19.5 Å². The number of aliphatic carboxylic acids is 1. The van der Waals surface area contributed by atoms with E-state index in [1.807, 2.05) is 0 Å². The van der Waals surface area contributed by atoms with Gasteiger partial charge in [-0.05, 0) is 37.1 Å². The Hall–Kier alpha value is -3.36. The zero-order valence-electron chi connectivity index (χ0n) is 18.5. The van der Waals surface area contributed by atoms with Gasteiger partial charge in [-0.15, -0.1) is 0 Å². The van der Waals surface area contributed by atoms with Crippen molar-refractivity contribution in [3.8, 4) is 5.75 Å². The highest BCUT2D eigenvalue weighted by molar-refractivity contribution is 5.93. The molecule has 0 saturated heterocycles. The summed E-state index contributed by atoms with van der Waals surface area (Å²) in [5, 5.41) is 13.2. The highest BCUT2D eigenvalue weighted by Crippen LogP contribution is 2.29. The Morgan fingerprint density at radius 2 is 1.91 bits per heavy atom. The monoisotopic (exact) mass is 443 g/mol. The van der Waals surface area contributed by atoms with Crippen LogP contribution in [-0.2, 0) is 22.6 Å². The molecule has 1 aliphatic carbocycles. The van der Waals surface area contributed by atoms with E-state index in [4.69, 9.17) is 14.6 Å². The van der Waals surface area contributed by atoms with Crippen molar-refractivity contribution >= 4 is 17.8 Å². The summed E-state index contributed by atoms with van der Waals surface area (Å²) in [6.07, 6.45) is 6.56. The van der Waals surface area contributed by atoms with Crippen molar-refractivity contribution in [3.63, 3.8) is 0 Å². The van der Waals surface area contributed by atoms with Crippen LogP contribution in [0.25, 0.3) is 0 Å². The first-order valence-corrected chi connectivity index (χ1v) is 10.7. The summed E-state index contributed by atoms with van der Waals surface area (Å²) in [6, 6.07) is 6.69. The van der Waals surface area contributed by atoms with Gasteiger partial charge in [0.05, 0.1) is 32.7 Å². The third-order valence-corrected chi connectivity index (χ3v) is 5.73. The van der Waals surface area contributed by atoms with Gasteiger partial charge in [-0.2, -0.15) is 5.10 Å². The second kappa shape index (κ2) is 10.8. The van der Waals surface area contributed by atoms with E-state index in [2.05, 4.69) is 5.10 Å². The molecule has 3 rings (SSSR count). The number of methoxy groups -OCH3 is 2. The molecule has 9 nitrogen and oxygen atoms in total. The molecule has 1 aliphatic rings. The largest absolute Gasteiger partial charge is 0.496 e. The van der Waals surface area contributed by atoms with Crippen LogP contribution in [0.5, 0.6) is 5.75 Å². The summed E-state index contributed by atoms with van der Waals surface area (Å²) in [6.45, 7) is 0.459. The number of amides is 1. The maximum atomic E-state index is 13.5. The Morgan fingerprint density at radius 3 is 2.56 bits per heavy atom. The second-order valence-electron chi connectivity index (χ2n) is 7.85. The molecule has 32 heavy (non-hydrogen) atoms. The number of carbonyl (C=O) groups excluding carboxylic acids is 2. The number of esters is 1. The SMILES string of the molecule is COC(=O)c1ccc(OC)c(CN(C(=O)c2ccn(CCC(=O)O)n2)C2CCCCC2)c1.